The van der Waals surface area contributed by atoms with Crippen molar-refractivity contribution >= 4 is 33.4 Å². The number of halogens is 3. The zero-order valence-electron chi connectivity index (χ0n) is 10.0. The fourth-order valence-corrected chi connectivity index (χ4v) is 2.27. The van der Waals surface area contributed by atoms with Gasteiger partial charge in [-0.3, -0.25) is 9.59 Å². The zero-order valence-corrected chi connectivity index (χ0v) is 12.4. The van der Waals surface area contributed by atoms with Gasteiger partial charge in [0.1, 0.15) is 10.8 Å². The number of hydrogen-bond acceptors (Lipinski definition) is 2. The molecule has 0 atom stereocenters. The van der Waals surface area contributed by atoms with Crippen LogP contribution >= 0.6 is 27.5 Å². The average molecular weight is 360 g/mol. The summed E-state index contributed by atoms with van der Waals surface area (Å²) in [6.07, 6.45) is 1.27. The van der Waals surface area contributed by atoms with Gasteiger partial charge in [0.05, 0.1) is 5.56 Å². The summed E-state index contributed by atoms with van der Waals surface area (Å²) in [5.41, 5.74) is 0.378. The molecule has 2 aromatic rings. The summed E-state index contributed by atoms with van der Waals surface area (Å²) in [4.78, 5) is 25.3. The summed E-state index contributed by atoms with van der Waals surface area (Å²) in [6.45, 7) is 0.159. The number of hydrogen-bond donors (Lipinski definition) is 2. The Kier molecular flexibility index (Phi) is 4.57. The SMILES string of the molecule is O=C(NCc1cc(F)cc(Br)c1)c1c[nH]c(=O)c(Cl)c1. The second-order valence-electron chi connectivity index (χ2n) is 4.03. The van der Waals surface area contributed by atoms with E-state index in [9.17, 15) is 14.0 Å². The van der Waals surface area contributed by atoms with E-state index in [1.54, 1.807) is 6.07 Å². The number of aromatic amines is 1. The lowest BCUT2D eigenvalue weighted by Crippen LogP contribution is -2.24. The van der Waals surface area contributed by atoms with E-state index in [0.717, 1.165) is 0 Å². The molecule has 0 radical (unpaired) electrons. The Balaban J connectivity index is 2.08. The van der Waals surface area contributed by atoms with Crippen molar-refractivity contribution in [3.05, 3.63) is 67.3 Å². The lowest BCUT2D eigenvalue weighted by molar-refractivity contribution is 0.0950. The van der Waals surface area contributed by atoms with Crippen molar-refractivity contribution in [2.45, 2.75) is 6.54 Å². The number of carbonyl (C=O) groups is 1. The molecule has 0 aliphatic carbocycles. The van der Waals surface area contributed by atoms with Crippen molar-refractivity contribution in [2.75, 3.05) is 0 Å². The maximum atomic E-state index is 13.2. The summed E-state index contributed by atoms with van der Waals surface area (Å²) in [5.74, 6) is -0.806. The van der Waals surface area contributed by atoms with Crippen LogP contribution in [0.3, 0.4) is 0 Å². The molecule has 104 valence electrons. The molecule has 7 heteroatoms. The Hall–Kier alpha value is -1.66. The van der Waals surface area contributed by atoms with Gasteiger partial charge in [-0.1, -0.05) is 27.5 Å². The molecule has 0 aliphatic heterocycles. The van der Waals surface area contributed by atoms with Crippen LogP contribution < -0.4 is 10.9 Å². The number of pyridine rings is 1. The lowest BCUT2D eigenvalue weighted by atomic mass is 10.2. The molecule has 0 spiro atoms. The van der Waals surface area contributed by atoms with Gasteiger partial charge < -0.3 is 10.3 Å². The molecule has 0 bridgehead atoms. The van der Waals surface area contributed by atoms with Crippen LogP contribution in [0, 0.1) is 5.82 Å². The van der Waals surface area contributed by atoms with Crippen LogP contribution in [0.25, 0.3) is 0 Å². The van der Waals surface area contributed by atoms with E-state index in [-0.39, 0.29) is 17.1 Å². The first-order chi connectivity index (χ1) is 9.45. The zero-order chi connectivity index (χ0) is 14.7. The molecule has 2 N–H and O–H groups in total. The number of benzene rings is 1. The number of H-pyrrole nitrogens is 1. The van der Waals surface area contributed by atoms with Gasteiger partial charge in [-0.15, -0.1) is 0 Å². The highest BCUT2D eigenvalue weighted by Gasteiger charge is 2.08. The van der Waals surface area contributed by atoms with E-state index >= 15 is 0 Å². The van der Waals surface area contributed by atoms with Gasteiger partial charge in [-0.2, -0.15) is 0 Å². The highest BCUT2D eigenvalue weighted by molar-refractivity contribution is 9.10. The van der Waals surface area contributed by atoms with Crippen LogP contribution in [0.5, 0.6) is 0 Å². The Morgan fingerprint density at radius 2 is 2.10 bits per heavy atom. The Morgan fingerprint density at radius 3 is 2.75 bits per heavy atom. The summed E-state index contributed by atoms with van der Waals surface area (Å²) in [6, 6.07) is 5.62. The molecule has 0 fully saturated rings. The predicted octanol–water partition coefficient (Wildman–Crippen LogP) is 2.86. The molecule has 0 saturated heterocycles. The lowest BCUT2D eigenvalue weighted by Gasteiger charge is -2.06. The van der Waals surface area contributed by atoms with Gasteiger partial charge in [0.15, 0.2) is 0 Å². The van der Waals surface area contributed by atoms with E-state index in [1.165, 1.54) is 24.4 Å². The Labute approximate surface area is 127 Å². The number of nitrogens with one attached hydrogen (secondary N) is 2. The molecule has 20 heavy (non-hydrogen) atoms. The molecular formula is C13H9BrClFN2O2. The van der Waals surface area contributed by atoms with E-state index in [4.69, 9.17) is 11.6 Å². The third kappa shape index (κ3) is 3.68. The summed E-state index contributed by atoms with van der Waals surface area (Å²) in [7, 11) is 0. The molecule has 0 unspecified atom stereocenters. The standard InChI is InChI=1S/C13H9BrClFN2O2/c14-9-1-7(2-10(16)4-9)5-17-12(19)8-3-11(15)13(20)18-6-8/h1-4,6H,5H2,(H,17,19)(H,18,20). The smallest absolute Gasteiger partial charge is 0.266 e. The minimum Gasteiger partial charge on any atom is -0.348 e. The molecule has 2 rings (SSSR count). The van der Waals surface area contributed by atoms with Gasteiger partial charge in [0, 0.05) is 17.2 Å². The normalized spacial score (nSPS) is 10.3. The molecule has 1 heterocycles. The number of aromatic nitrogens is 1. The quantitative estimate of drug-likeness (QED) is 0.885. The minimum atomic E-state index is -0.461. The van der Waals surface area contributed by atoms with Crippen LogP contribution in [0.1, 0.15) is 15.9 Å². The van der Waals surface area contributed by atoms with Crippen molar-refractivity contribution in [3.8, 4) is 0 Å². The number of rotatable bonds is 3. The second-order valence-corrected chi connectivity index (χ2v) is 5.35. The summed E-state index contributed by atoms with van der Waals surface area (Å²) in [5, 5.41) is 2.55. The Morgan fingerprint density at radius 1 is 1.35 bits per heavy atom. The van der Waals surface area contributed by atoms with Gasteiger partial charge >= 0.3 is 0 Å². The molecule has 0 saturated carbocycles. The van der Waals surface area contributed by atoms with E-state index in [0.29, 0.717) is 10.0 Å². The van der Waals surface area contributed by atoms with E-state index < -0.39 is 17.3 Å². The second kappa shape index (κ2) is 6.19. The predicted molar refractivity (Wildman–Crippen MR) is 77.3 cm³/mol. The third-order valence-electron chi connectivity index (χ3n) is 2.50. The van der Waals surface area contributed by atoms with Crippen LogP contribution in [0.15, 0.2) is 39.7 Å². The third-order valence-corrected chi connectivity index (χ3v) is 3.23. The van der Waals surface area contributed by atoms with Crippen molar-refractivity contribution in [2.24, 2.45) is 0 Å². The number of carbonyl (C=O) groups excluding carboxylic acids is 1. The fraction of sp³-hybridized carbons (Fsp3) is 0.0769. The van der Waals surface area contributed by atoms with Crippen LogP contribution in [0.2, 0.25) is 5.02 Å². The topological polar surface area (TPSA) is 62.0 Å². The molecule has 1 aromatic carbocycles. The van der Waals surface area contributed by atoms with Crippen molar-refractivity contribution in [1.82, 2.24) is 10.3 Å². The van der Waals surface area contributed by atoms with Crippen molar-refractivity contribution in [3.63, 3.8) is 0 Å². The minimum absolute atomic E-state index is 0.0637. The molecule has 1 aromatic heterocycles. The van der Waals surface area contributed by atoms with Crippen LogP contribution in [-0.2, 0) is 6.54 Å². The van der Waals surface area contributed by atoms with Crippen molar-refractivity contribution < 1.29 is 9.18 Å². The van der Waals surface area contributed by atoms with Gasteiger partial charge in [0.25, 0.3) is 11.5 Å². The summed E-state index contributed by atoms with van der Waals surface area (Å²) < 4.78 is 13.8. The first kappa shape index (κ1) is 14.7. The van der Waals surface area contributed by atoms with Gasteiger partial charge in [0.2, 0.25) is 0 Å². The fourth-order valence-electron chi connectivity index (χ4n) is 1.58. The van der Waals surface area contributed by atoms with Gasteiger partial charge in [-0.25, -0.2) is 4.39 Å². The monoisotopic (exact) mass is 358 g/mol. The number of amides is 1. The first-order valence-corrected chi connectivity index (χ1v) is 6.74. The first-order valence-electron chi connectivity index (χ1n) is 5.57. The van der Waals surface area contributed by atoms with E-state index in [1.807, 2.05) is 0 Å². The highest BCUT2D eigenvalue weighted by Crippen LogP contribution is 2.15. The summed E-state index contributed by atoms with van der Waals surface area (Å²) >= 11 is 8.81. The average Bonchev–Trinajstić information content (AvgIpc) is 2.38. The maximum absolute atomic E-state index is 13.2. The molecule has 1 amide bonds. The molecular weight excluding hydrogens is 351 g/mol. The molecule has 0 aliphatic rings. The van der Waals surface area contributed by atoms with E-state index in [2.05, 4.69) is 26.2 Å². The molecule has 4 nitrogen and oxygen atoms in total. The highest BCUT2D eigenvalue weighted by atomic mass is 79.9. The van der Waals surface area contributed by atoms with Crippen molar-refractivity contribution in [1.29, 1.82) is 0 Å². The Bertz CT molecular complexity index is 698. The largest absolute Gasteiger partial charge is 0.348 e. The maximum Gasteiger partial charge on any atom is 0.266 e. The van der Waals surface area contributed by atoms with Crippen LogP contribution in [0.4, 0.5) is 4.39 Å². The van der Waals surface area contributed by atoms with Crippen LogP contribution in [-0.4, -0.2) is 10.9 Å². The van der Waals surface area contributed by atoms with Gasteiger partial charge in [-0.05, 0) is 29.8 Å².